The molecule has 0 aliphatic rings. The lowest BCUT2D eigenvalue weighted by molar-refractivity contribution is 0.0850. The van der Waals surface area contributed by atoms with Crippen LogP contribution >= 0.6 is 27.3 Å². The van der Waals surface area contributed by atoms with Crippen LogP contribution in [0.4, 0.5) is 0 Å². The molecular weight excluding hydrogens is 364 g/mol. The molecule has 2 aromatic carbocycles. The van der Waals surface area contributed by atoms with Gasteiger partial charge >= 0.3 is 0 Å². The van der Waals surface area contributed by atoms with E-state index in [1.165, 1.54) is 11.3 Å². The van der Waals surface area contributed by atoms with Gasteiger partial charge in [0.15, 0.2) is 0 Å². The van der Waals surface area contributed by atoms with E-state index in [-0.39, 0.29) is 11.8 Å². The van der Waals surface area contributed by atoms with Gasteiger partial charge in [0, 0.05) is 5.56 Å². The maximum absolute atomic E-state index is 12.3. The normalized spacial score (nSPS) is 10.4. The van der Waals surface area contributed by atoms with Gasteiger partial charge in [0.1, 0.15) is 0 Å². The molecule has 0 spiro atoms. The van der Waals surface area contributed by atoms with Crippen LogP contribution in [0.1, 0.15) is 20.0 Å². The quantitative estimate of drug-likeness (QED) is 0.671. The van der Waals surface area contributed by atoms with Crippen LogP contribution in [-0.4, -0.2) is 11.8 Å². The third-order valence-electron chi connectivity index (χ3n) is 3.12. The molecule has 0 atom stereocenters. The predicted molar refractivity (Wildman–Crippen MR) is 90.9 cm³/mol. The summed E-state index contributed by atoms with van der Waals surface area (Å²) in [6.07, 6.45) is 0. The number of amides is 2. The average molecular weight is 375 g/mol. The Balaban J connectivity index is 1.75. The molecule has 22 heavy (non-hydrogen) atoms. The maximum Gasteiger partial charge on any atom is 0.279 e. The number of carbonyl (C=O) groups excluding carboxylic acids is 2. The summed E-state index contributed by atoms with van der Waals surface area (Å²) in [6.45, 7) is 0. The molecule has 6 heteroatoms. The summed E-state index contributed by atoms with van der Waals surface area (Å²) in [5.74, 6) is -0.690. The second kappa shape index (κ2) is 6.29. The number of nitrogens with one attached hydrogen (secondary N) is 2. The molecule has 3 rings (SSSR count). The standard InChI is InChI=1S/C16H11BrN2O2S/c17-14-9-8-13(22-14)16(21)19-18-15(20)12-7-3-5-10-4-1-2-6-11(10)12/h1-9H,(H,18,20)(H,19,21). The lowest BCUT2D eigenvalue weighted by Crippen LogP contribution is -2.41. The fourth-order valence-electron chi connectivity index (χ4n) is 2.10. The number of halogens is 1. The van der Waals surface area contributed by atoms with Gasteiger partial charge in [-0.3, -0.25) is 20.4 Å². The molecule has 1 heterocycles. The number of benzene rings is 2. The van der Waals surface area contributed by atoms with Crippen molar-refractivity contribution in [3.05, 3.63) is 68.8 Å². The first-order valence-electron chi connectivity index (χ1n) is 6.49. The van der Waals surface area contributed by atoms with Gasteiger partial charge in [-0.25, -0.2) is 0 Å². The third-order valence-corrected chi connectivity index (χ3v) is 4.74. The molecule has 0 unspecified atom stereocenters. The maximum atomic E-state index is 12.3. The highest BCUT2D eigenvalue weighted by Crippen LogP contribution is 2.22. The fourth-order valence-corrected chi connectivity index (χ4v) is 3.38. The molecule has 4 nitrogen and oxygen atoms in total. The van der Waals surface area contributed by atoms with E-state index in [2.05, 4.69) is 26.8 Å². The minimum absolute atomic E-state index is 0.343. The number of hydrazine groups is 1. The molecule has 2 amide bonds. The lowest BCUT2D eigenvalue weighted by atomic mass is 10.0. The Hall–Kier alpha value is -2.18. The van der Waals surface area contributed by atoms with Crippen molar-refractivity contribution in [1.29, 1.82) is 0 Å². The lowest BCUT2D eigenvalue weighted by Gasteiger charge is -2.08. The molecule has 2 N–H and O–H groups in total. The van der Waals surface area contributed by atoms with E-state index < -0.39 is 0 Å². The van der Waals surface area contributed by atoms with Gasteiger partial charge in [0.2, 0.25) is 0 Å². The van der Waals surface area contributed by atoms with E-state index in [0.717, 1.165) is 14.6 Å². The monoisotopic (exact) mass is 374 g/mol. The highest BCUT2D eigenvalue weighted by molar-refractivity contribution is 9.11. The summed E-state index contributed by atoms with van der Waals surface area (Å²) in [7, 11) is 0. The van der Waals surface area contributed by atoms with Gasteiger partial charge in [-0.05, 0) is 44.9 Å². The Morgan fingerprint density at radius 2 is 1.59 bits per heavy atom. The number of thiophene rings is 1. The molecule has 0 aliphatic carbocycles. The number of fused-ring (bicyclic) bond motifs is 1. The van der Waals surface area contributed by atoms with E-state index in [4.69, 9.17) is 0 Å². The van der Waals surface area contributed by atoms with Crippen LogP contribution in [0, 0.1) is 0 Å². The molecular formula is C16H11BrN2O2S. The zero-order valence-electron chi connectivity index (χ0n) is 11.3. The van der Waals surface area contributed by atoms with Crippen molar-refractivity contribution in [2.45, 2.75) is 0 Å². The topological polar surface area (TPSA) is 58.2 Å². The first kappa shape index (κ1) is 14.7. The zero-order valence-corrected chi connectivity index (χ0v) is 13.7. The second-order valence-corrected chi connectivity index (χ2v) is 7.00. The Morgan fingerprint density at radius 3 is 2.36 bits per heavy atom. The largest absolute Gasteiger partial charge is 0.279 e. The van der Waals surface area contributed by atoms with Crippen LogP contribution in [0.3, 0.4) is 0 Å². The Bertz CT molecular complexity index is 855. The van der Waals surface area contributed by atoms with Crippen molar-refractivity contribution < 1.29 is 9.59 Å². The highest BCUT2D eigenvalue weighted by Gasteiger charge is 2.12. The minimum Gasteiger partial charge on any atom is -0.267 e. The van der Waals surface area contributed by atoms with E-state index in [1.54, 1.807) is 18.2 Å². The Morgan fingerprint density at radius 1 is 0.864 bits per heavy atom. The molecule has 0 radical (unpaired) electrons. The van der Waals surface area contributed by atoms with E-state index >= 15 is 0 Å². The number of hydrogen-bond acceptors (Lipinski definition) is 3. The SMILES string of the molecule is O=C(NNC(=O)c1cccc2ccccc12)c1ccc(Br)s1. The van der Waals surface area contributed by atoms with Crippen molar-refractivity contribution in [3.8, 4) is 0 Å². The van der Waals surface area contributed by atoms with Crippen molar-refractivity contribution >= 4 is 49.9 Å². The summed E-state index contributed by atoms with van der Waals surface area (Å²) < 4.78 is 0.859. The van der Waals surface area contributed by atoms with Crippen molar-refractivity contribution in [2.24, 2.45) is 0 Å². The Kier molecular flexibility index (Phi) is 4.22. The summed E-state index contributed by atoms with van der Waals surface area (Å²) in [6, 6.07) is 16.6. The fraction of sp³-hybridized carbons (Fsp3) is 0. The number of carbonyl (C=O) groups is 2. The van der Waals surface area contributed by atoms with Crippen molar-refractivity contribution in [1.82, 2.24) is 10.9 Å². The van der Waals surface area contributed by atoms with Gasteiger partial charge in [0.05, 0.1) is 8.66 Å². The van der Waals surface area contributed by atoms with Crippen LogP contribution in [0.25, 0.3) is 10.8 Å². The van der Waals surface area contributed by atoms with E-state index in [1.807, 2.05) is 36.4 Å². The average Bonchev–Trinajstić information content (AvgIpc) is 2.98. The molecule has 3 aromatic rings. The minimum atomic E-state index is -0.347. The van der Waals surface area contributed by atoms with Gasteiger partial charge < -0.3 is 0 Å². The highest BCUT2D eigenvalue weighted by atomic mass is 79.9. The van der Waals surface area contributed by atoms with Crippen LogP contribution in [0.2, 0.25) is 0 Å². The molecule has 0 saturated carbocycles. The molecule has 110 valence electrons. The summed E-state index contributed by atoms with van der Waals surface area (Å²) in [4.78, 5) is 24.7. The van der Waals surface area contributed by atoms with Gasteiger partial charge in [0.25, 0.3) is 11.8 Å². The van der Waals surface area contributed by atoms with Crippen LogP contribution in [0.15, 0.2) is 58.4 Å². The molecule has 0 saturated heterocycles. The van der Waals surface area contributed by atoms with Crippen LogP contribution in [-0.2, 0) is 0 Å². The molecule has 0 fully saturated rings. The first-order chi connectivity index (χ1) is 10.6. The number of rotatable bonds is 2. The molecule has 1 aromatic heterocycles. The predicted octanol–water partition coefficient (Wildman–Crippen LogP) is 3.74. The number of hydrogen-bond donors (Lipinski definition) is 2. The summed E-state index contributed by atoms with van der Waals surface area (Å²) in [5, 5.41) is 1.82. The van der Waals surface area contributed by atoms with Gasteiger partial charge in [-0.15, -0.1) is 11.3 Å². The molecule has 0 bridgehead atoms. The smallest absolute Gasteiger partial charge is 0.267 e. The first-order valence-corrected chi connectivity index (χ1v) is 8.10. The summed E-state index contributed by atoms with van der Waals surface area (Å²) in [5.41, 5.74) is 5.40. The van der Waals surface area contributed by atoms with Crippen LogP contribution in [0.5, 0.6) is 0 Å². The second-order valence-electron chi connectivity index (χ2n) is 4.54. The van der Waals surface area contributed by atoms with Crippen molar-refractivity contribution in [2.75, 3.05) is 0 Å². The van der Waals surface area contributed by atoms with Gasteiger partial charge in [-0.1, -0.05) is 36.4 Å². The zero-order chi connectivity index (χ0) is 15.5. The third kappa shape index (κ3) is 3.03. The van der Waals surface area contributed by atoms with E-state index in [9.17, 15) is 9.59 Å². The van der Waals surface area contributed by atoms with E-state index in [0.29, 0.717) is 10.4 Å². The summed E-state index contributed by atoms with van der Waals surface area (Å²) >= 11 is 4.59. The van der Waals surface area contributed by atoms with Gasteiger partial charge in [-0.2, -0.15) is 0 Å². The Labute approximate surface area is 139 Å². The molecule has 0 aliphatic heterocycles. The van der Waals surface area contributed by atoms with Crippen molar-refractivity contribution in [3.63, 3.8) is 0 Å². The van der Waals surface area contributed by atoms with Crippen LogP contribution < -0.4 is 10.9 Å².